The second-order valence-electron chi connectivity index (χ2n) is 7.94. The van der Waals surface area contributed by atoms with Gasteiger partial charge in [0.05, 0.1) is 11.8 Å². The van der Waals surface area contributed by atoms with Crippen molar-refractivity contribution in [3.8, 4) is 0 Å². The topological polar surface area (TPSA) is 71.7 Å². The summed E-state index contributed by atoms with van der Waals surface area (Å²) in [6, 6.07) is 4.54. The number of carbonyl (C=O) groups excluding carboxylic acids is 1. The molecule has 2 atom stereocenters. The molecular weight excluding hydrogens is 322 g/mol. The second kappa shape index (κ2) is 7.35. The molecule has 5 nitrogen and oxygen atoms in total. The van der Waals surface area contributed by atoms with Crippen molar-refractivity contribution in [2.75, 3.05) is 6.61 Å². The second-order valence-corrected chi connectivity index (χ2v) is 13.6. The molecule has 0 bridgehead atoms. The van der Waals surface area contributed by atoms with E-state index in [4.69, 9.17) is 4.74 Å². The number of Topliss-reactive ketones (excluding diaryl/α,β-unsaturated/α-hetero) is 1. The number of rotatable bonds is 7. The molecule has 0 spiro atoms. The van der Waals surface area contributed by atoms with Gasteiger partial charge in [0.25, 0.3) is 0 Å². The van der Waals surface area contributed by atoms with E-state index in [9.17, 15) is 15.0 Å². The molecule has 0 unspecified atom stereocenters. The molecule has 1 aliphatic rings. The summed E-state index contributed by atoms with van der Waals surface area (Å²) < 4.78 is 7.43. The fourth-order valence-corrected chi connectivity index (χ4v) is 3.48. The Morgan fingerprint density at radius 2 is 2.17 bits per heavy atom. The van der Waals surface area contributed by atoms with Crippen molar-refractivity contribution in [3.63, 3.8) is 0 Å². The number of aromatic nitrogens is 1. The van der Waals surface area contributed by atoms with Crippen molar-refractivity contribution >= 4 is 13.9 Å². The largest absolute Gasteiger partial charge is 0.389 e. The monoisotopic (exact) mass is 351 g/mol. The Morgan fingerprint density at radius 3 is 2.79 bits per heavy atom. The number of nitrogens with zero attached hydrogens (tertiary/aromatic N) is 1. The molecule has 1 aromatic heterocycles. The van der Waals surface area contributed by atoms with Gasteiger partial charge in [-0.15, -0.1) is 0 Å². The highest BCUT2D eigenvalue weighted by Crippen LogP contribution is 2.31. The zero-order valence-corrected chi connectivity index (χ0v) is 16.1. The third-order valence-electron chi connectivity index (χ3n) is 4.53. The minimum atomic E-state index is -1.55. The standard InChI is InChI=1S/C18H29NO4Si/c1-14-7-8-18(22,12-16(14)20)17(21)15-6-5-9-19(15)13-23-10-11-24(2,3)4/h5-7,9,16,20,22H,8,10-13H2,1-4H3/t16-,18+/m1/s1. The SMILES string of the molecule is CC1=CC[C@@](O)(C(=O)c2cccn2COCC[Si](C)(C)C)C[C@H]1O. The fourth-order valence-electron chi connectivity index (χ4n) is 2.73. The van der Waals surface area contributed by atoms with E-state index >= 15 is 0 Å². The maximum atomic E-state index is 12.8. The van der Waals surface area contributed by atoms with Crippen LogP contribution >= 0.6 is 0 Å². The van der Waals surface area contributed by atoms with Gasteiger partial charge in [-0.3, -0.25) is 4.79 Å². The van der Waals surface area contributed by atoms with Gasteiger partial charge >= 0.3 is 0 Å². The van der Waals surface area contributed by atoms with Gasteiger partial charge in [-0.25, -0.2) is 0 Å². The first kappa shape index (κ1) is 19.1. The zero-order chi connectivity index (χ0) is 18.0. The third-order valence-corrected chi connectivity index (χ3v) is 6.23. The van der Waals surface area contributed by atoms with Crippen molar-refractivity contribution in [1.82, 2.24) is 4.57 Å². The summed E-state index contributed by atoms with van der Waals surface area (Å²) in [5, 5.41) is 20.7. The first-order chi connectivity index (χ1) is 11.1. The Labute approximate surface area is 145 Å². The summed E-state index contributed by atoms with van der Waals surface area (Å²) >= 11 is 0. The van der Waals surface area contributed by atoms with Gasteiger partial charge in [0.15, 0.2) is 0 Å². The van der Waals surface area contributed by atoms with Crippen molar-refractivity contribution in [3.05, 3.63) is 35.7 Å². The Hall–Kier alpha value is -1.21. The van der Waals surface area contributed by atoms with E-state index in [0.29, 0.717) is 19.0 Å². The van der Waals surface area contributed by atoms with E-state index in [0.717, 1.165) is 11.6 Å². The molecule has 0 saturated heterocycles. The smallest absolute Gasteiger partial charge is 0.211 e. The minimum Gasteiger partial charge on any atom is -0.389 e. The number of hydrogen-bond donors (Lipinski definition) is 2. The molecule has 0 radical (unpaired) electrons. The predicted molar refractivity (Wildman–Crippen MR) is 96.8 cm³/mol. The maximum Gasteiger partial charge on any atom is 0.211 e. The van der Waals surface area contributed by atoms with E-state index in [2.05, 4.69) is 19.6 Å². The summed E-state index contributed by atoms with van der Waals surface area (Å²) in [7, 11) is -1.14. The third kappa shape index (κ3) is 4.66. The van der Waals surface area contributed by atoms with Crippen LogP contribution in [0, 0.1) is 0 Å². The molecule has 1 heterocycles. The van der Waals surface area contributed by atoms with Crippen molar-refractivity contribution in [2.24, 2.45) is 0 Å². The van der Waals surface area contributed by atoms with Crippen LogP contribution in [0.5, 0.6) is 0 Å². The highest BCUT2D eigenvalue weighted by Gasteiger charge is 2.41. The first-order valence-electron chi connectivity index (χ1n) is 8.47. The van der Waals surface area contributed by atoms with Gasteiger partial charge < -0.3 is 19.5 Å². The summed E-state index contributed by atoms with van der Waals surface area (Å²) in [6.45, 7) is 9.66. The minimum absolute atomic E-state index is 0.0375. The molecular formula is C18H29NO4Si. The lowest BCUT2D eigenvalue weighted by molar-refractivity contribution is 0.00119. The maximum absolute atomic E-state index is 12.8. The summed E-state index contributed by atoms with van der Waals surface area (Å²) in [6.07, 6.45) is 3.02. The predicted octanol–water partition coefficient (Wildman–Crippen LogP) is 2.82. The highest BCUT2D eigenvalue weighted by atomic mass is 28.3. The van der Waals surface area contributed by atoms with E-state index in [1.54, 1.807) is 29.0 Å². The van der Waals surface area contributed by atoms with Crippen molar-refractivity contribution in [2.45, 2.75) is 63.9 Å². The number of aliphatic hydroxyl groups is 2. The number of carbonyl (C=O) groups is 1. The highest BCUT2D eigenvalue weighted by molar-refractivity contribution is 6.76. The first-order valence-corrected chi connectivity index (χ1v) is 12.2. The van der Waals surface area contributed by atoms with Gasteiger partial charge in [-0.05, 0) is 30.7 Å². The lowest BCUT2D eigenvalue weighted by Gasteiger charge is -2.32. The number of hydrogen-bond acceptors (Lipinski definition) is 4. The Kier molecular flexibility index (Phi) is 5.85. The van der Waals surface area contributed by atoms with Gasteiger partial charge in [-0.1, -0.05) is 25.7 Å². The van der Waals surface area contributed by atoms with Crippen LogP contribution < -0.4 is 0 Å². The molecule has 2 N–H and O–H groups in total. The molecule has 6 heteroatoms. The van der Waals surface area contributed by atoms with Gasteiger partial charge in [0.2, 0.25) is 5.78 Å². The Morgan fingerprint density at radius 1 is 1.46 bits per heavy atom. The number of ether oxygens (including phenoxy) is 1. The molecule has 24 heavy (non-hydrogen) atoms. The lowest BCUT2D eigenvalue weighted by Crippen LogP contribution is -2.44. The summed E-state index contributed by atoms with van der Waals surface area (Å²) in [5.41, 5.74) is -0.323. The Balaban J connectivity index is 2.03. The molecule has 0 fully saturated rings. The van der Waals surface area contributed by atoms with Gasteiger partial charge in [-0.2, -0.15) is 0 Å². The average molecular weight is 352 g/mol. The van der Waals surface area contributed by atoms with Crippen LogP contribution in [-0.4, -0.2) is 46.9 Å². The molecule has 0 saturated carbocycles. The van der Waals surface area contributed by atoms with Crippen LogP contribution in [0.4, 0.5) is 0 Å². The van der Waals surface area contributed by atoms with Crippen LogP contribution in [0.15, 0.2) is 30.0 Å². The summed E-state index contributed by atoms with van der Waals surface area (Å²) in [4.78, 5) is 12.8. The van der Waals surface area contributed by atoms with Crippen molar-refractivity contribution < 1.29 is 19.7 Å². The molecule has 1 aromatic rings. The van der Waals surface area contributed by atoms with Crippen LogP contribution in [0.1, 0.15) is 30.3 Å². The van der Waals surface area contributed by atoms with E-state index in [1.165, 1.54) is 0 Å². The summed E-state index contributed by atoms with van der Waals surface area (Å²) in [5.74, 6) is -0.357. The number of aliphatic hydroxyl groups excluding tert-OH is 1. The number of ketones is 1. The van der Waals surface area contributed by atoms with Crippen LogP contribution in [0.2, 0.25) is 25.7 Å². The lowest BCUT2D eigenvalue weighted by atomic mass is 9.80. The Bertz CT molecular complexity index is 617. The average Bonchev–Trinajstić information content (AvgIpc) is 2.94. The molecule has 2 rings (SSSR count). The van der Waals surface area contributed by atoms with Crippen LogP contribution in [-0.2, 0) is 11.5 Å². The molecule has 0 aliphatic heterocycles. The van der Waals surface area contributed by atoms with Crippen molar-refractivity contribution in [1.29, 1.82) is 0 Å². The zero-order valence-electron chi connectivity index (χ0n) is 15.1. The van der Waals surface area contributed by atoms with Crippen LogP contribution in [0.25, 0.3) is 0 Å². The molecule has 0 amide bonds. The van der Waals surface area contributed by atoms with Gasteiger partial charge in [0.1, 0.15) is 12.3 Å². The van der Waals surface area contributed by atoms with E-state index in [-0.39, 0.29) is 18.6 Å². The molecule has 0 aromatic carbocycles. The molecule has 134 valence electrons. The van der Waals surface area contributed by atoms with Gasteiger partial charge in [0, 0.05) is 33.7 Å². The van der Waals surface area contributed by atoms with Crippen LogP contribution in [0.3, 0.4) is 0 Å². The van der Waals surface area contributed by atoms with E-state index in [1.807, 2.05) is 6.92 Å². The normalized spacial score (nSPS) is 24.8. The molecule has 1 aliphatic carbocycles. The quantitative estimate of drug-likeness (QED) is 0.343. The van der Waals surface area contributed by atoms with E-state index < -0.39 is 19.8 Å². The fraction of sp³-hybridized carbons (Fsp3) is 0.611.